The van der Waals surface area contributed by atoms with Gasteiger partial charge in [0.25, 0.3) is 0 Å². The zero-order valence-corrected chi connectivity index (χ0v) is 11.1. The molecule has 2 saturated carbocycles. The maximum Gasteiger partial charge on any atom is 0.0727 e. The molecule has 2 atom stereocenters. The van der Waals surface area contributed by atoms with Gasteiger partial charge in [0.15, 0.2) is 0 Å². The lowest BCUT2D eigenvalue weighted by molar-refractivity contribution is -0.203. The summed E-state index contributed by atoms with van der Waals surface area (Å²) in [7, 11) is 1.71. The van der Waals surface area contributed by atoms with E-state index >= 15 is 0 Å². The summed E-state index contributed by atoms with van der Waals surface area (Å²) in [5.41, 5.74) is -0.959. The summed E-state index contributed by atoms with van der Waals surface area (Å²) in [6, 6.07) is 0. The Morgan fingerprint density at radius 2 is 1.94 bits per heavy atom. The quantitative estimate of drug-likeness (QED) is 0.745. The van der Waals surface area contributed by atoms with Crippen LogP contribution in [0, 0.1) is 11.3 Å². The molecular weight excluding hydrogens is 216 g/mol. The Kier molecular flexibility index (Phi) is 3.81. The van der Waals surface area contributed by atoms with Gasteiger partial charge in [-0.15, -0.1) is 0 Å². The lowest BCUT2D eigenvalue weighted by Crippen LogP contribution is -2.60. The Morgan fingerprint density at radius 3 is 2.53 bits per heavy atom. The number of ether oxygens (including phenoxy) is 1. The Labute approximate surface area is 104 Å². The Morgan fingerprint density at radius 1 is 1.24 bits per heavy atom. The molecular formula is C14H26O3. The molecule has 17 heavy (non-hydrogen) atoms. The molecule has 2 aliphatic rings. The second kappa shape index (κ2) is 4.87. The van der Waals surface area contributed by atoms with Gasteiger partial charge in [0.1, 0.15) is 0 Å². The average molecular weight is 242 g/mol. The maximum absolute atomic E-state index is 10.9. The van der Waals surface area contributed by atoms with Crippen molar-refractivity contribution in [1.29, 1.82) is 0 Å². The monoisotopic (exact) mass is 242 g/mol. The van der Waals surface area contributed by atoms with Crippen LogP contribution in [0.2, 0.25) is 0 Å². The summed E-state index contributed by atoms with van der Waals surface area (Å²) < 4.78 is 5.31. The molecule has 0 aromatic carbocycles. The first kappa shape index (κ1) is 13.3. The van der Waals surface area contributed by atoms with Crippen molar-refractivity contribution < 1.29 is 14.9 Å². The van der Waals surface area contributed by atoms with E-state index in [2.05, 4.69) is 6.92 Å². The summed E-state index contributed by atoms with van der Waals surface area (Å²) in [6.45, 7) is 2.35. The van der Waals surface area contributed by atoms with Gasteiger partial charge >= 0.3 is 0 Å². The van der Waals surface area contributed by atoms with Gasteiger partial charge in [-0.2, -0.15) is 0 Å². The molecule has 3 heteroatoms. The van der Waals surface area contributed by atoms with Gasteiger partial charge < -0.3 is 14.9 Å². The van der Waals surface area contributed by atoms with Crippen LogP contribution in [-0.4, -0.2) is 35.6 Å². The minimum atomic E-state index is -0.665. The van der Waals surface area contributed by atoms with Gasteiger partial charge in [0, 0.05) is 12.5 Å². The van der Waals surface area contributed by atoms with E-state index in [1.165, 1.54) is 6.42 Å². The smallest absolute Gasteiger partial charge is 0.0727 e. The SMILES string of the molecule is COC1CC(CO)(C2(O)CCCC(C)CC2)C1. The Hall–Kier alpha value is -0.120. The molecule has 0 bridgehead atoms. The standard InChI is InChI=1S/C14H26O3/c1-11-4-3-6-14(16,7-5-11)13(10-15)8-12(9-13)17-2/h11-12,15-16H,3-10H2,1-2H3. The molecule has 2 fully saturated rings. The molecule has 2 unspecified atom stereocenters. The third-order valence-corrected chi connectivity index (χ3v) is 5.20. The van der Waals surface area contributed by atoms with E-state index in [-0.39, 0.29) is 18.1 Å². The minimum absolute atomic E-state index is 0.0950. The molecule has 0 heterocycles. The van der Waals surface area contributed by atoms with Gasteiger partial charge in [-0.1, -0.05) is 19.8 Å². The summed E-state index contributed by atoms with van der Waals surface area (Å²) in [6.07, 6.45) is 6.89. The van der Waals surface area contributed by atoms with E-state index < -0.39 is 5.60 Å². The second-order valence-electron chi connectivity index (χ2n) is 6.27. The fourth-order valence-electron chi connectivity index (χ4n) is 3.66. The van der Waals surface area contributed by atoms with Gasteiger partial charge in [0.2, 0.25) is 0 Å². The molecule has 0 aromatic heterocycles. The maximum atomic E-state index is 10.9. The highest BCUT2D eigenvalue weighted by Gasteiger charge is 2.57. The number of hydrogen-bond acceptors (Lipinski definition) is 3. The van der Waals surface area contributed by atoms with Crippen LogP contribution in [0.4, 0.5) is 0 Å². The minimum Gasteiger partial charge on any atom is -0.396 e. The molecule has 2 N–H and O–H groups in total. The van der Waals surface area contributed by atoms with Crippen molar-refractivity contribution in [1.82, 2.24) is 0 Å². The molecule has 2 aliphatic carbocycles. The number of hydrogen-bond donors (Lipinski definition) is 2. The van der Waals surface area contributed by atoms with E-state index in [0.29, 0.717) is 5.92 Å². The fourth-order valence-corrected chi connectivity index (χ4v) is 3.66. The zero-order valence-electron chi connectivity index (χ0n) is 11.1. The summed E-state index contributed by atoms with van der Waals surface area (Å²) >= 11 is 0. The van der Waals surface area contributed by atoms with Crippen molar-refractivity contribution >= 4 is 0 Å². The number of rotatable bonds is 3. The van der Waals surface area contributed by atoms with Crippen LogP contribution in [0.25, 0.3) is 0 Å². The van der Waals surface area contributed by atoms with Crippen LogP contribution in [0.1, 0.15) is 51.9 Å². The van der Waals surface area contributed by atoms with Crippen LogP contribution >= 0.6 is 0 Å². The van der Waals surface area contributed by atoms with Crippen molar-refractivity contribution in [3.63, 3.8) is 0 Å². The predicted molar refractivity (Wildman–Crippen MR) is 66.7 cm³/mol. The highest BCUT2D eigenvalue weighted by Crippen LogP contribution is 2.54. The van der Waals surface area contributed by atoms with Crippen molar-refractivity contribution in [2.24, 2.45) is 11.3 Å². The first-order valence-electron chi connectivity index (χ1n) is 6.91. The number of aliphatic hydroxyl groups excluding tert-OH is 1. The van der Waals surface area contributed by atoms with Crippen molar-refractivity contribution in [2.75, 3.05) is 13.7 Å². The molecule has 0 spiro atoms. The van der Waals surface area contributed by atoms with E-state index in [4.69, 9.17) is 4.74 Å². The Balaban J connectivity index is 2.07. The van der Waals surface area contributed by atoms with Crippen molar-refractivity contribution in [3.05, 3.63) is 0 Å². The van der Waals surface area contributed by atoms with Crippen molar-refractivity contribution in [3.8, 4) is 0 Å². The lowest BCUT2D eigenvalue weighted by atomic mass is 9.55. The number of methoxy groups -OCH3 is 1. The molecule has 3 nitrogen and oxygen atoms in total. The van der Waals surface area contributed by atoms with Gasteiger partial charge in [-0.05, 0) is 38.0 Å². The summed E-state index contributed by atoms with van der Waals surface area (Å²) in [4.78, 5) is 0. The lowest BCUT2D eigenvalue weighted by Gasteiger charge is -2.55. The highest BCUT2D eigenvalue weighted by molar-refractivity contribution is 5.08. The largest absolute Gasteiger partial charge is 0.396 e. The molecule has 100 valence electrons. The van der Waals surface area contributed by atoms with E-state index in [1.54, 1.807) is 7.11 Å². The van der Waals surface area contributed by atoms with Crippen LogP contribution < -0.4 is 0 Å². The van der Waals surface area contributed by atoms with Crippen LogP contribution in [-0.2, 0) is 4.74 Å². The molecule has 0 radical (unpaired) electrons. The normalized spacial score (nSPS) is 47.3. The van der Waals surface area contributed by atoms with E-state index in [1.807, 2.05) is 0 Å². The van der Waals surface area contributed by atoms with E-state index in [9.17, 15) is 10.2 Å². The predicted octanol–water partition coefficient (Wildman–Crippen LogP) is 2.11. The summed E-state index contributed by atoms with van der Waals surface area (Å²) in [5.74, 6) is 0.707. The van der Waals surface area contributed by atoms with Crippen molar-refractivity contribution in [2.45, 2.75) is 63.6 Å². The average Bonchev–Trinajstić information content (AvgIpc) is 2.42. The van der Waals surface area contributed by atoms with Gasteiger partial charge in [-0.25, -0.2) is 0 Å². The molecule has 0 amide bonds. The molecule has 0 aliphatic heterocycles. The molecule has 0 aromatic rings. The first-order valence-corrected chi connectivity index (χ1v) is 6.91. The Bertz CT molecular complexity index is 260. The first-order chi connectivity index (χ1) is 8.05. The van der Waals surface area contributed by atoms with Crippen LogP contribution in [0.3, 0.4) is 0 Å². The fraction of sp³-hybridized carbons (Fsp3) is 1.00. The second-order valence-corrected chi connectivity index (χ2v) is 6.27. The van der Waals surface area contributed by atoms with Gasteiger partial charge in [0.05, 0.1) is 18.3 Å². The van der Waals surface area contributed by atoms with Crippen LogP contribution in [0.15, 0.2) is 0 Å². The number of aliphatic hydroxyl groups is 2. The zero-order chi connectivity index (χ0) is 12.5. The molecule has 2 rings (SSSR count). The van der Waals surface area contributed by atoms with Gasteiger partial charge in [-0.3, -0.25) is 0 Å². The topological polar surface area (TPSA) is 49.7 Å². The third kappa shape index (κ3) is 2.25. The molecule has 0 saturated heterocycles. The summed E-state index contributed by atoms with van der Waals surface area (Å²) in [5, 5.41) is 20.6. The van der Waals surface area contributed by atoms with E-state index in [0.717, 1.165) is 38.5 Å². The third-order valence-electron chi connectivity index (χ3n) is 5.20. The highest BCUT2D eigenvalue weighted by atomic mass is 16.5. The van der Waals surface area contributed by atoms with Crippen LogP contribution in [0.5, 0.6) is 0 Å².